The van der Waals surface area contributed by atoms with Crippen molar-refractivity contribution in [1.82, 2.24) is 20.4 Å². The Bertz CT molecular complexity index is 794. The summed E-state index contributed by atoms with van der Waals surface area (Å²) in [5.41, 5.74) is 2.90. The van der Waals surface area contributed by atoms with Crippen LogP contribution in [0.5, 0.6) is 0 Å². The lowest BCUT2D eigenvalue weighted by Gasteiger charge is -2.29. The van der Waals surface area contributed by atoms with Crippen molar-refractivity contribution in [3.8, 4) is 0 Å². The maximum absolute atomic E-state index is 12.9. The van der Waals surface area contributed by atoms with Crippen LogP contribution in [0.15, 0.2) is 18.2 Å². The molecule has 4 rings (SSSR count). The SMILES string of the molecule is CNC1CCCN(Cc2cccc3c2CN(C2CCC(=O)NC2=O)C3=O)CC1. The number of carbonyl (C=O) groups excluding carboxylic acids is 3. The third kappa shape index (κ3) is 3.69. The van der Waals surface area contributed by atoms with E-state index in [1.807, 2.05) is 19.2 Å². The van der Waals surface area contributed by atoms with Crippen LogP contribution in [0.2, 0.25) is 0 Å². The fourth-order valence-electron chi connectivity index (χ4n) is 4.64. The highest BCUT2D eigenvalue weighted by molar-refractivity contribution is 6.05. The standard InChI is InChI=1S/C21H28N4O3/c1-22-15-5-3-10-24(11-9-15)12-14-4-2-6-16-17(14)13-25(21(16)28)18-7-8-19(26)23-20(18)27/h2,4,6,15,18,22H,3,5,7-13H2,1H3,(H,23,26,27). The Morgan fingerprint density at radius 1 is 1.14 bits per heavy atom. The van der Waals surface area contributed by atoms with Crippen LogP contribution in [0.1, 0.15) is 53.6 Å². The molecule has 28 heavy (non-hydrogen) atoms. The molecule has 0 aliphatic carbocycles. The topological polar surface area (TPSA) is 81.8 Å². The fraction of sp³-hybridized carbons (Fsp3) is 0.571. The summed E-state index contributed by atoms with van der Waals surface area (Å²) in [4.78, 5) is 40.7. The zero-order chi connectivity index (χ0) is 19.7. The molecular weight excluding hydrogens is 356 g/mol. The predicted octanol–water partition coefficient (Wildman–Crippen LogP) is 1.02. The number of carbonyl (C=O) groups is 3. The van der Waals surface area contributed by atoms with E-state index < -0.39 is 6.04 Å². The van der Waals surface area contributed by atoms with E-state index in [0.29, 0.717) is 24.6 Å². The number of piperidine rings is 1. The van der Waals surface area contributed by atoms with Crippen LogP contribution in [0.25, 0.3) is 0 Å². The number of benzene rings is 1. The minimum Gasteiger partial charge on any atom is -0.322 e. The van der Waals surface area contributed by atoms with Gasteiger partial charge < -0.3 is 10.2 Å². The lowest BCUT2D eigenvalue weighted by molar-refractivity contribution is -0.136. The molecule has 3 aliphatic heterocycles. The van der Waals surface area contributed by atoms with Gasteiger partial charge in [-0.05, 0) is 63.0 Å². The molecule has 2 unspecified atom stereocenters. The zero-order valence-corrected chi connectivity index (χ0v) is 16.4. The second-order valence-corrected chi connectivity index (χ2v) is 8.04. The fourth-order valence-corrected chi connectivity index (χ4v) is 4.64. The maximum atomic E-state index is 12.9. The molecule has 0 aromatic heterocycles. The van der Waals surface area contributed by atoms with Gasteiger partial charge in [0.1, 0.15) is 6.04 Å². The quantitative estimate of drug-likeness (QED) is 0.758. The van der Waals surface area contributed by atoms with Gasteiger partial charge in [-0.25, -0.2) is 0 Å². The number of fused-ring (bicyclic) bond motifs is 1. The van der Waals surface area contributed by atoms with Gasteiger partial charge in [0, 0.05) is 31.1 Å². The number of amides is 3. The van der Waals surface area contributed by atoms with Gasteiger partial charge in [-0.1, -0.05) is 12.1 Å². The molecule has 150 valence electrons. The molecule has 3 amide bonds. The largest absolute Gasteiger partial charge is 0.322 e. The summed E-state index contributed by atoms with van der Waals surface area (Å²) in [6.45, 7) is 3.38. The van der Waals surface area contributed by atoms with E-state index in [-0.39, 0.29) is 24.1 Å². The monoisotopic (exact) mass is 384 g/mol. The number of nitrogens with zero attached hydrogens (tertiary/aromatic N) is 2. The van der Waals surface area contributed by atoms with Crippen molar-refractivity contribution in [2.45, 2.75) is 57.3 Å². The maximum Gasteiger partial charge on any atom is 0.255 e. The van der Waals surface area contributed by atoms with Gasteiger partial charge in [0.15, 0.2) is 0 Å². The first-order valence-electron chi connectivity index (χ1n) is 10.2. The Kier molecular flexibility index (Phi) is 5.46. The Labute approximate surface area is 165 Å². The van der Waals surface area contributed by atoms with Crippen molar-refractivity contribution in [2.75, 3.05) is 20.1 Å². The number of rotatable bonds is 4. The molecule has 3 heterocycles. The van der Waals surface area contributed by atoms with Crippen LogP contribution in [-0.4, -0.2) is 59.7 Å². The van der Waals surface area contributed by atoms with E-state index in [1.54, 1.807) is 4.90 Å². The number of hydrogen-bond acceptors (Lipinski definition) is 5. The second kappa shape index (κ2) is 8.01. The van der Waals surface area contributed by atoms with Crippen molar-refractivity contribution in [2.24, 2.45) is 0 Å². The van der Waals surface area contributed by atoms with Gasteiger partial charge >= 0.3 is 0 Å². The van der Waals surface area contributed by atoms with Crippen LogP contribution in [0, 0.1) is 0 Å². The van der Waals surface area contributed by atoms with E-state index >= 15 is 0 Å². The predicted molar refractivity (Wildman–Crippen MR) is 104 cm³/mol. The van der Waals surface area contributed by atoms with Crippen LogP contribution in [0.4, 0.5) is 0 Å². The van der Waals surface area contributed by atoms with Crippen LogP contribution < -0.4 is 10.6 Å². The average Bonchev–Trinajstić information content (AvgIpc) is 2.87. The summed E-state index contributed by atoms with van der Waals surface area (Å²) < 4.78 is 0. The van der Waals surface area contributed by atoms with Gasteiger partial charge in [0.05, 0.1) is 0 Å². The molecule has 2 fully saturated rings. The van der Waals surface area contributed by atoms with Gasteiger partial charge in [-0.2, -0.15) is 0 Å². The highest BCUT2D eigenvalue weighted by atomic mass is 16.2. The van der Waals surface area contributed by atoms with Crippen molar-refractivity contribution in [1.29, 1.82) is 0 Å². The molecule has 0 bridgehead atoms. The summed E-state index contributed by atoms with van der Waals surface area (Å²) in [6, 6.07) is 5.91. The minimum absolute atomic E-state index is 0.0996. The zero-order valence-electron chi connectivity index (χ0n) is 16.4. The van der Waals surface area contributed by atoms with E-state index in [9.17, 15) is 14.4 Å². The van der Waals surface area contributed by atoms with E-state index in [1.165, 1.54) is 18.4 Å². The average molecular weight is 384 g/mol. The van der Waals surface area contributed by atoms with Crippen LogP contribution in [0.3, 0.4) is 0 Å². The minimum atomic E-state index is -0.556. The second-order valence-electron chi connectivity index (χ2n) is 8.04. The molecule has 1 aromatic rings. The summed E-state index contributed by atoms with van der Waals surface area (Å²) in [5.74, 6) is -0.714. The summed E-state index contributed by atoms with van der Waals surface area (Å²) in [6.07, 6.45) is 4.18. The van der Waals surface area contributed by atoms with Gasteiger partial charge in [-0.3, -0.25) is 24.6 Å². The first-order valence-corrected chi connectivity index (χ1v) is 10.2. The summed E-state index contributed by atoms with van der Waals surface area (Å²) in [5, 5.41) is 5.75. The summed E-state index contributed by atoms with van der Waals surface area (Å²) in [7, 11) is 2.03. The first kappa shape index (κ1) is 19.1. The molecule has 3 aliphatic rings. The van der Waals surface area contributed by atoms with Gasteiger partial charge in [0.2, 0.25) is 11.8 Å². The molecule has 1 aromatic carbocycles. The van der Waals surface area contributed by atoms with Crippen molar-refractivity contribution in [3.63, 3.8) is 0 Å². The smallest absolute Gasteiger partial charge is 0.255 e. The van der Waals surface area contributed by atoms with E-state index in [4.69, 9.17) is 0 Å². The van der Waals surface area contributed by atoms with Crippen molar-refractivity contribution in [3.05, 3.63) is 34.9 Å². The number of imide groups is 1. The molecule has 0 spiro atoms. The highest BCUT2D eigenvalue weighted by Crippen LogP contribution is 2.30. The van der Waals surface area contributed by atoms with Gasteiger partial charge in [-0.15, -0.1) is 0 Å². The molecule has 2 saturated heterocycles. The van der Waals surface area contributed by atoms with Crippen molar-refractivity contribution < 1.29 is 14.4 Å². The van der Waals surface area contributed by atoms with Gasteiger partial charge in [0.25, 0.3) is 5.91 Å². The molecule has 7 heteroatoms. The van der Waals surface area contributed by atoms with E-state index in [2.05, 4.69) is 21.6 Å². The van der Waals surface area contributed by atoms with Crippen molar-refractivity contribution >= 4 is 17.7 Å². The van der Waals surface area contributed by atoms with E-state index in [0.717, 1.165) is 31.6 Å². The highest BCUT2D eigenvalue weighted by Gasteiger charge is 2.39. The normalized spacial score (nSPS) is 26.2. The lowest BCUT2D eigenvalue weighted by atomic mass is 10.0. The Balaban J connectivity index is 1.50. The molecule has 0 saturated carbocycles. The number of nitrogens with one attached hydrogen (secondary N) is 2. The Morgan fingerprint density at radius 3 is 2.79 bits per heavy atom. The molecule has 7 nitrogen and oxygen atoms in total. The van der Waals surface area contributed by atoms with Crippen LogP contribution >= 0.6 is 0 Å². The molecule has 2 N–H and O–H groups in total. The number of likely N-dealkylation sites (tertiary alicyclic amines) is 1. The number of hydrogen-bond donors (Lipinski definition) is 2. The summed E-state index contributed by atoms with van der Waals surface area (Å²) >= 11 is 0. The van der Waals surface area contributed by atoms with Crippen LogP contribution in [-0.2, 0) is 22.7 Å². The third-order valence-electron chi connectivity index (χ3n) is 6.30. The molecule has 2 atom stereocenters. The Hall–Kier alpha value is -2.25. The third-order valence-corrected chi connectivity index (χ3v) is 6.30. The molecule has 0 radical (unpaired) electrons. The Morgan fingerprint density at radius 2 is 2.00 bits per heavy atom. The lowest BCUT2D eigenvalue weighted by Crippen LogP contribution is -2.52. The molecular formula is C21H28N4O3. The first-order chi connectivity index (χ1) is 13.6.